The molecule has 0 radical (unpaired) electrons. The number of benzene rings is 4. The highest BCUT2D eigenvalue weighted by Crippen LogP contribution is 2.36. The first-order valence-electron chi connectivity index (χ1n) is 13.2. The van der Waals surface area contributed by atoms with Crippen molar-refractivity contribution < 1.29 is 24.2 Å². The largest absolute Gasteiger partial charge is 0.507 e. The summed E-state index contributed by atoms with van der Waals surface area (Å²) in [7, 11) is 0. The van der Waals surface area contributed by atoms with E-state index in [9.17, 15) is 14.7 Å². The number of fused-ring (bicyclic) bond motifs is 1. The lowest BCUT2D eigenvalue weighted by atomic mass is 9.94. The van der Waals surface area contributed by atoms with Crippen LogP contribution in [-0.2, 0) is 14.3 Å². The van der Waals surface area contributed by atoms with Gasteiger partial charge in [0.15, 0.2) is 6.10 Å². The van der Waals surface area contributed by atoms with E-state index in [1.807, 2.05) is 43.3 Å². The second kappa shape index (κ2) is 14.3. The summed E-state index contributed by atoms with van der Waals surface area (Å²) in [5, 5.41) is 17.4. The first-order chi connectivity index (χ1) is 19.9. The van der Waals surface area contributed by atoms with Gasteiger partial charge in [0.25, 0.3) is 0 Å². The van der Waals surface area contributed by atoms with Crippen molar-refractivity contribution in [3.8, 4) is 5.75 Å². The van der Waals surface area contributed by atoms with Gasteiger partial charge in [-0.05, 0) is 73.7 Å². The summed E-state index contributed by atoms with van der Waals surface area (Å²) >= 11 is 3.39. The zero-order valence-corrected chi connectivity index (χ0v) is 24.1. The zero-order valence-electron chi connectivity index (χ0n) is 22.5. The minimum atomic E-state index is -0.803. The second-order valence-corrected chi connectivity index (χ2v) is 10.1. The number of carbonyl (C=O) groups is 2. The number of carbonyl (C=O) groups excluding carboxylic acids is 2. The van der Waals surface area contributed by atoms with Gasteiger partial charge >= 0.3 is 6.09 Å². The van der Waals surface area contributed by atoms with Crippen molar-refractivity contribution in [2.24, 2.45) is 0 Å². The van der Waals surface area contributed by atoms with Crippen LogP contribution in [0, 0.1) is 0 Å². The molecule has 212 valence electrons. The molecule has 0 saturated heterocycles. The van der Waals surface area contributed by atoms with E-state index in [2.05, 4.69) is 26.6 Å². The van der Waals surface area contributed by atoms with Crippen LogP contribution in [0.4, 0.5) is 21.9 Å². The number of amides is 2. The Morgan fingerprint density at radius 1 is 0.951 bits per heavy atom. The molecule has 0 aliphatic rings. The van der Waals surface area contributed by atoms with E-state index in [1.54, 1.807) is 54.6 Å². The van der Waals surface area contributed by atoms with E-state index in [4.69, 9.17) is 15.2 Å². The molecule has 0 spiro atoms. The van der Waals surface area contributed by atoms with Gasteiger partial charge in [-0.3, -0.25) is 10.1 Å². The summed E-state index contributed by atoms with van der Waals surface area (Å²) in [6.07, 6.45) is 2.14. The molecule has 9 heteroatoms. The number of aromatic hydroxyl groups is 1. The molecule has 0 aromatic heterocycles. The maximum Gasteiger partial charge on any atom is 0.412 e. The van der Waals surface area contributed by atoms with Gasteiger partial charge in [0.1, 0.15) is 5.75 Å². The number of halogens is 1. The predicted molar refractivity (Wildman–Crippen MR) is 166 cm³/mol. The third kappa shape index (κ3) is 8.09. The van der Waals surface area contributed by atoms with Crippen LogP contribution in [0.15, 0.2) is 102 Å². The molecule has 41 heavy (non-hydrogen) atoms. The first kappa shape index (κ1) is 29.6. The predicted octanol–water partition coefficient (Wildman–Crippen LogP) is 7.56. The summed E-state index contributed by atoms with van der Waals surface area (Å²) in [5.74, 6) is -0.176. The molecule has 4 aromatic rings. The third-order valence-corrected chi connectivity index (χ3v) is 6.92. The van der Waals surface area contributed by atoms with E-state index in [0.717, 1.165) is 9.86 Å². The Morgan fingerprint density at radius 2 is 1.66 bits per heavy atom. The highest BCUT2D eigenvalue weighted by Gasteiger charge is 2.29. The number of hydrogen-bond acceptors (Lipinski definition) is 6. The third-order valence-electron chi connectivity index (χ3n) is 6.39. The van der Waals surface area contributed by atoms with E-state index >= 15 is 0 Å². The van der Waals surface area contributed by atoms with Crippen LogP contribution < -0.4 is 16.4 Å². The fourth-order valence-corrected chi connectivity index (χ4v) is 4.73. The van der Waals surface area contributed by atoms with Crippen LogP contribution in [0.5, 0.6) is 5.75 Å². The number of para-hydroxylation sites is 2. The van der Waals surface area contributed by atoms with E-state index in [0.29, 0.717) is 47.5 Å². The molecule has 0 saturated carbocycles. The number of nitrogens with two attached hydrogens (primary N) is 1. The zero-order chi connectivity index (χ0) is 29.2. The van der Waals surface area contributed by atoms with Crippen molar-refractivity contribution in [3.63, 3.8) is 0 Å². The molecule has 4 aromatic carbocycles. The van der Waals surface area contributed by atoms with Crippen LogP contribution in [0.3, 0.4) is 0 Å². The number of hydrogen-bond donors (Lipinski definition) is 4. The van der Waals surface area contributed by atoms with Gasteiger partial charge in [-0.25, -0.2) is 4.79 Å². The first-order valence-corrected chi connectivity index (χ1v) is 14.0. The number of anilines is 3. The number of allylic oxidation sites excluding steroid dienone is 1. The van der Waals surface area contributed by atoms with Crippen LogP contribution in [0.25, 0.3) is 10.8 Å². The monoisotopic (exact) mass is 617 g/mol. The molecule has 2 amide bonds. The van der Waals surface area contributed by atoms with Crippen molar-refractivity contribution in [2.75, 3.05) is 23.0 Å². The average Bonchev–Trinajstić information content (AvgIpc) is 2.96. The average molecular weight is 619 g/mol. The molecule has 0 aliphatic heterocycles. The fraction of sp³-hybridized carbons (Fsp3) is 0.188. The molecule has 8 nitrogen and oxygen atoms in total. The minimum absolute atomic E-state index is 0.128. The van der Waals surface area contributed by atoms with Crippen molar-refractivity contribution >= 4 is 55.8 Å². The maximum atomic E-state index is 13.1. The maximum absolute atomic E-state index is 13.1. The second-order valence-electron chi connectivity index (χ2n) is 9.23. The van der Waals surface area contributed by atoms with Crippen LogP contribution in [-0.4, -0.2) is 29.8 Å². The SMILES string of the molecule is CCO[C@@H](CC/C=C/C(=O)Nc1ccccc1N)[C@@H](OC(=O)Nc1ccc(Br)cc1)c1ccc(O)c2ccccc12. The van der Waals surface area contributed by atoms with Gasteiger partial charge in [-0.2, -0.15) is 0 Å². The van der Waals surface area contributed by atoms with E-state index < -0.39 is 18.3 Å². The van der Waals surface area contributed by atoms with E-state index in [1.165, 1.54) is 6.08 Å². The molecule has 0 unspecified atom stereocenters. The smallest absolute Gasteiger partial charge is 0.412 e. The Labute approximate surface area is 247 Å². The van der Waals surface area contributed by atoms with Crippen molar-refractivity contribution in [1.29, 1.82) is 0 Å². The molecule has 2 atom stereocenters. The highest BCUT2D eigenvalue weighted by molar-refractivity contribution is 9.10. The van der Waals surface area contributed by atoms with Gasteiger partial charge in [0, 0.05) is 27.7 Å². The lowest BCUT2D eigenvalue weighted by molar-refractivity contribution is -0.111. The molecule has 5 N–H and O–H groups in total. The Bertz CT molecular complexity index is 1520. The molecule has 4 rings (SSSR count). The Kier molecular flexibility index (Phi) is 10.4. The standard InChI is InChI=1S/C32H32BrN3O5/c1-2-40-29(13-7-8-14-30(38)36-27-12-6-5-11-26(27)34)31(41-32(39)35-22-17-15-21(33)16-18-22)25-19-20-28(37)24-10-4-3-9-23(24)25/h3-6,8-12,14-20,29,31,37H,2,7,13,34H2,1H3,(H,35,39)(H,36,38)/b14-8+/t29-,31-/m0/s1. The Morgan fingerprint density at radius 3 is 2.39 bits per heavy atom. The highest BCUT2D eigenvalue weighted by atomic mass is 79.9. The molecular weight excluding hydrogens is 586 g/mol. The molecule has 0 fully saturated rings. The molecule has 0 aliphatic carbocycles. The van der Waals surface area contributed by atoms with E-state index in [-0.39, 0.29) is 11.7 Å². The Hall–Kier alpha value is -4.34. The molecular formula is C32H32BrN3O5. The molecule has 0 heterocycles. The lowest BCUT2D eigenvalue weighted by Crippen LogP contribution is -2.29. The number of ether oxygens (including phenoxy) is 2. The topological polar surface area (TPSA) is 123 Å². The van der Waals surface area contributed by atoms with Gasteiger partial charge in [-0.15, -0.1) is 0 Å². The van der Waals surface area contributed by atoms with Crippen molar-refractivity contribution in [3.05, 3.63) is 107 Å². The Balaban J connectivity index is 1.55. The van der Waals surface area contributed by atoms with Gasteiger partial charge < -0.3 is 25.6 Å². The summed E-state index contributed by atoms with van der Waals surface area (Å²) < 4.78 is 13.0. The van der Waals surface area contributed by atoms with Crippen LogP contribution >= 0.6 is 15.9 Å². The number of nitrogen functional groups attached to an aromatic ring is 1. The van der Waals surface area contributed by atoms with Gasteiger partial charge in [0.2, 0.25) is 5.91 Å². The number of rotatable bonds is 11. The van der Waals surface area contributed by atoms with Crippen LogP contribution in [0.1, 0.15) is 31.4 Å². The summed E-state index contributed by atoms with van der Waals surface area (Å²) in [5.41, 5.74) is 8.21. The lowest BCUT2D eigenvalue weighted by Gasteiger charge is -2.28. The summed E-state index contributed by atoms with van der Waals surface area (Å²) in [4.78, 5) is 25.5. The van der Waals surface area contributed by atoms with Gasteiger partial charge in [0.05, 0.1) is 17.5 Å². The summed E-state index contributed by atoms with van der Waals surface area (Å²) in [6, 6.07) is 24.9. The quantitative estimate of drug-likeness (QED) is 0.102. The number of phenolic OH excluding ortho intramolecular Hbond substituents is 1. The van der Waals surface area contributed by atoms with Crippen molar-refractivity contribution in [2.45, 2.75) is 32.0 Å². The van der Waals surface area contributed by atoms with Gasteiger partial charge in [-0.1, -0.05) is 64.5 Å². The van der Waals surface area contributed by atoms with Crippen molar-refractivity contribution in [1.82, 2.24) is 0 Å². The molecule has 0 bridgehead atoms. The number of phenols is 1. The fourth-order valence-electron chi connectivity index (χ4n) is 4.46. The van der Waals surface area contributed by atoms with Crippen LogP contribution in [0.2, 0.25) is 0 Å². The normalized spacial score (nSPS) is 12.6. The minimum Gasteiger partial charge on any atom is -0.507 e. The summed E-state index contributed by atoms with van der Waals surface area (Å²) in [6.45, 7) is 2.25. The number of nitrogens with one attached hydrogen (secondary N) is 2.